The maximum absolute atomic E-state index is 12.0. The minimum Gasteiger partial charge on any atom is -0.406 e. The van der Waals surface area contributed by atoms with Crippen molar-refractivity contribution in [2.24, 2.45) is 11.8 Å². The van der Waals surface area contributed by atoms with E-state index in [0.717, 1.165) is 5.56 Å². The first-order valence-electron chi connectivity index (χ1n) is 6.22. The Morgan fingerprint density at radius 2 is 1.67 bits per heavy atom. The Labute approximate surface area is 105 Å². The smallest absolute Gasteiger partial charge is 0.406 e. The highest BCUT2D eigenvalue weighted by Gasteiger charge is 2.34. The minimum atomic E-state index is -4.62. The zero-order valence-corrected chi connectivity index (χ0v) is 10.5. The van der Waals surface area contributed by atoms with Crippen molar-refractivity contribution < 1.29 is 17.9 Å². The van der Waals surface area contributed by atoms with Crippen molar-refractivity contribution in [3.05, 3.63) is 29.8 Å². The molecule has 1 saturated carbocycles. The van der Waals surface area contributed by atoms with Gasteiger partial charge in [0.05, 0.1) is 0 Å². The van der Waals surface area contributed by atoms with Gasteiger partial charge in [-0.05, 0) is 48.3 Å². The normalized spacial score (nSPS) is 17.9. The van der Waals surface area contributed by atoms with Crippen LogP contribution in [0.3, 0.4) is 0 Å². The van der Waals surface area contributed by atoms with Crippen molar-refractivity contribution in [1.29, 1.82) is 0 Å². The Hall–Kier alpha value is -1.19. The van der Waals surface area contributed by atoms with Gasteiger partial charge in [0.25, 0.3) is 0 Å². The van der Waals surface area contributed by atoms with Gasteiger partial charge in [0.15, 0.2) is 0 Å². The number of halogens is 3. The molecule has 0 aromatic heterocycles. The maximum atomic E-state index is 12.0. The first kappa shape index (κ1) is 13.2. The first-order chi connectivity index (χ1) is 8.37. The fraction of sp³-hybridized carbons (Fsp3) is 0.571. The molecular weight excluding hydrogens is 241 g/mol. The van der Waals surface area contributed by atoms with E-state index in [1.54, 1.807) is 12.1 Å². The van der Waals surface area contributed by atoms with Crippen molar-refractivity contribution in [2.75, 3.05) is 0 Å². The summed E-state index contributed by atoms with van der Waals surface area (Å²) >= 11 is 0. The van der Waals surface area contributed by atoms with E-state index in [4.69, 9.17) is 0 Å². The van der Waals surface area contributed by atoms with E-state index in [9.17, 15) is 13.2 Å². The SMILES string of the molecule is CC(C)C(c1ccc(OC(F)(F)F)cc1)C1CC1. The molecule has 0 aliphatic heterocycles. The number of ether oxygens (including phenoxy) is 1. The van der Waals surface area contributed by atoms with Crippen molar-refractivity contribution >= 4 is 0 Å². The van der Waals surface area contributed by atoms with Gasteiger partial charge in [-0.3, -0.25) is 0 Å². The van der Waals surface area contributed by atoms with Gasteiger partial charge in [-0.1, -0.05) is 26.0 Å². The second kappa shape index (κ2) is 4.82. The van der Waals surface area contributed by atoms with Crippen molar-refractivity contribution in [3.8, 4) is 5.75 Å². The molecule has 0 spiro atoms. The van der Waals surface area contributed by atoms with Crippen LogP contribution in [0.4, 0.5) is 13.2 Å². The van der Waals surface area contributed by atoms with Crippen molar-refractivity contribution in [2.45, 2.75) is 39.0 Å². The van der Waals surface area contributed by atoms with Crippen LogP contribution in [0.2, 0.25) is 0 Å². The molecule has 0 bridgehead atoms. The Bertz CT molecular complexity index is 388. The van der Waals surface area contributed by atoms with Gasteiger partial charge < -0.3 is 4.74 Å². The highest BCUT2D eigenvalue weighted by atomic mass is 19.4. The monoisotopic (exact) mass is 258 g/mol. The van der Waals surface area contributed by atoms with Crippen LogP contribution < -0.4 is 4.74 Å². The summed E-state index contributed by atoms with van der Waals surface area (Å²) in [6, 6.07) is 6.31. The lowest BCUT2D eigenvalue weighted by atomic mass is 9.84. The van der Waals surface area contributed by atoms with Gasteiger partial charge in [0.1, 0.15) is 5.75 Å². The molecule has 100 valence electrons. The van der Waals surface area contributed by atoms with Crippen LogP contribution in [-0.2, 0) is 0 Å². The highest BCUT2D eigenvalue weighted by molar-refractivity contribution is 5.31. The van der Waals surface area contributed by atoms with Crippen molar-refractivity contribution in [1.82, 2.24) is 0 Å². The first-order valence-corrected chi connectivity index (χ1v) is 6.22. The lowest BCUT2D eigenvalue weighted by Gasteiger charge is -2.21. The summed E-state index contributed by atoms with van der Waals surface area (Å²) in [5.41, 5.74) is 1.11. The van der Waals surface area contributed by atoms with E-state index < -0.39 is 6.36 Å². The molecule has 1 unspecified atom stereocenters. The van der Waals surface area contributed by atoms with Crippen LogP contribution in [0, 0.1) is 11.8 Å². The molecule has 1 fully saturated rings. The molecule has 1 nitrogen and oxygen atoms in total. The number of hydrogen-bond acceptors (Lipinski definition) is 1. The summed E-state index contributed by atoms with van der Waals surface area (Å²) < 4.78 is 40.0. The van der Waals surface area contributed by atoms with Crippen LogP contribution in [0.25, 0.3) is 0 Å². The largest absolute Gasteiger partial charge is 0.573 e. The fourth-order valence-electron chi connectivity index (χ4n) is 2.55. The molecule has 1 aromatic rings. The van der Waals surface area contributed by atoms with Crippen LogP contribution in [0.1, 0.15) is 38.2 Å². The number of hydrogen-bond donors (Lipinski definition) is 0. The number of rotatable bonds is 4. The molecule has 1 atom stereocenters. The van der Waals surface area contributed by atoms with E-state index in [1.807, 2.05) is 0 Å². The van der Waals surface area contributed by atoms with E-state index in [1.165, 1.54) is 25.0 Å². The molecule has 0 radical (unpaired) electrons. The third kappa shape index (κ3) is 3.40. The van der Waals surface area contributed by atoms with Gasteiger partial charge in [0, 0.05) is 0 Å². The summed E-state index contributed by atoms with van der Waals surface area (Å²) in [5, 5.41) is 0. The highest BCUT2D eigenvalue weighted by Crippen LogP contribution is 2.46. The average molecular weight is 258 g/mol. The third-order valence-electron chi connectivity index (χ3n) is 3.35. The Morgan fingerprint density at radius 1 is 1.11 bits per heavy atom. The van der Waals surface area contributed by atoms with Crippen LogP contribution in [0.5, 0.6) is 5.75 Å². The molecule has 0 amide bonds. The van der Waals surface area contributed by atoms with Gasteiger partial charge in [0.2, 0.25) is 0 Å². The Balaban J connectivity index is 2.11. The predicted molar refractivity (Wildman–Crippen MR) is 63.4 cm³/mol. The molecule has 0 saturated heterocycles. The summed E-state index contributed by atoms with van der Waals surface area (Å²) in [6.45, 7) is 4.31. The summed E-state index contributed by atoms with van der Waals surface area (Å²) in [6.07, 6.45) is -2.16. The van der Waals surface area contributed by atoms with Gasteiger partial charge >= 0.3 is 6.36 Å². The zero-order valence-electron chi connectivity index (χ0n) is 10.5. The predicted octanol–water partition coefficient (Wildman–Crippen LogP) is 4.73. The Morgan fingerprint density at radius 3 is 2.06 bits per heavy atom. The summed E-state index contributed by atoms with van der Waals surface area (Å²) in [4.78, 5) is 0. The lowest BCUT2D eigenvalue weighted by Crippen LogP contribution is -2.17. The molecule has 2 rings (SSSR count). The molecule has 18 heavy (non-hydrogen) atoms. The van der Waals surface area contributed by atoms with E-state index in [0.29, 0.717) is 17.8 Å². The van der Waals surface area contributed by atoms with E-state index in [2.05, 4.69) is 18.6 Å². The van der Waals surface area contributed by atoms with E-state index in [-0.39, 0.29) is 5.75 Å². The fourth-order valence-corrected chi connectivity index (χ4v) is 2.55. The number of benzene rings is 1. The molecule has 1 aliphatic carbocycles. The van der Waals surface area contributed by atoms with Gasteiger partial charge in [-0.25, -0.2) is 0 Å². The molecule has 1 aromatic carbocycles. The third-order valence-corrected chi connectivity index (χ3v) is 3.35. The molecular formula is C14H17F3O. The van der Waals surface area contributed by atoms with Crippen LogP contribution in [0.15, 0.2) is 24.3 Å². The number of alkyl halides is 3. The zero-order chi connectivity index (χ0) is 13.3. The second-order valence-corrected chi connectivity index (χ2v) is 5.22. The maximum Gasteiger partial charge on any atom is 0.573 e. The second-order valence-electron chi connectivity index (χ2n) is 5.22. The summed E-state index contributed by atoms with van der Waals surface area (Å²) in [7, 11) is 0. The molecule has 0 N–H and O–H groups in total. The van der Waals surface area contributed by atoms with Crippen molar-refractivity contribution in [3.63, 3.8) is 0 Å². The molecule has 0 heterocycles. The topological polar surface area (TPSA) is 9.23 Å². The van der Waals surface area contributed by atoms with Gasteiger partial charge in [-0.15, -0.1) is 13.2 Å². The minimum absolute atomic E-state index is 0.149. The summed E-state index contributed by atoms with van der Waals surface area (Å²) in [5.74, 6) is 1.50. The van der Waals surface area contributed by atoms with Gasteiger partial charge in [-0.2, -0.15) is 0 Å². The lowest BCUT2D eigenvalue weighted by molar-refractivity contribution is -0.274. The quantitative estimate of drug-likeness (QED) is 0.758. The standard InChI is InChI=1S/C14H17F3O/c1-9(2)13(10-3-4-10)11-5-7-12(8-6-11)18-14(15,16)17/h5-10,13H,3-4H2,1-2H3. The molecule has 4 heteroatoms. The molecule has 1 aliphatic rings. The Kier molecular flexibility index (Phi) is 3.55. The van der Waals surface area contributed by atoms with E-state index >= 15 is 0 Å². The van der Waals surface area contributed by atoms with Crippen LogP contribution in [-0.4, -0.2) is 6.36 Å². The average Bonchev–Trinajstić information content (AvgIpc) is 3.02. The van der Waals surface area contributed by atoms with Crippen LogP contribution >= 0.6 is 0 Å².